The molecule has 0 radical (unpaired) electrons. The molecular weight excluding hydrogens is 288 g/mol. The van der Waals surface area contributed by atoms with E-state index in [9.17, 15) is 14.7 Å². The van der Waals surface area contributed by atoms with Crippen LogP contribution in [0.5, 0.6) is 0 Å². The molecule has 2 fully saturated rings. The number of likely N-dealkylation sites (tertiary alicyclic amines) is 1. The quantitative estimate of drug-likeness (QED) is 0.931. The Hall–Kier alpha value is -1.43. The number of carbonyl (C=O) groups excluding carboxylic acids is 1. The molecule has 5 nitrogen and oxygen atoms in total. The number of hydrogen-bond acceptors (Lipinski definition) is 4. The molecule has 0 aromatic carbocycles. The van der Waals surface area contributed by atoms with E-state index in [2.05, 4.69) is 4.98 Å². The molecule has 114 valence electrons. The first-order valence-electron chi connectivity index (χ1n) is 7.29. The molecule has 3 rings (SSSR count). The van der Waals surface area contributed by atoms with Crippen LogP contribution in [0.15, 0.2) is 5.38 Å². The number of carboxylic acids is 1. The van der Waals surface area contributed by atoms with Gasteiger partial charge in [0.05, 0.1) is 28.6 Å². The summed E-state index contributed by atoms with van der Waals surface area (Å²) in [6, 6.07) is 0.0216. The van der Waals surface area contributed by atoms with Crippen LogP contribution in [0.25, 0.3) is 0 Å². The van der Waals surface area contributed by atoms with Crippen LogP contribution in [-0.2, 0) is 9.59 Å². The van der Waals surface area contributed by atoms with Crippen molar-refractivity contribution in [2.45, 2.75) is 39.7 Å². The molecule has 21 heavy (non-hydrogen) atoms. The average Bonchev–Trinajstić information content (AvgIpc) is 2.80. The number of carboxylic acid groups (broad SMARTS) is 1. The summed E-state index contributed by atoms with van der Waals surface area (Å²) in [5, 5.41) is 12.3. The minimum atomic E-state index is -0.862. The topological polar surface area (TPSA) is 70.5 Å². The predicted octanol–water partition coefficient (Wildman–Crippen LogP) is 2.47. The second-order valence-electron chi connectivity index (χ2n) is 6.60. The zero-order valence-corrected chi connectivity index (χ0v) is 13.3. The summed E-state index contributed by atoms with van der Waals surface area (Å²) in [5.74, 6) is -1.82. The van der Waals surface area contributed by atoms with E-state index in [1.54, 1.807) is 11.3 Å². The fraction of sp³-hybridized carbons (Fsp3) is 0.667. The summed E-state index contributed by atoms with van der Waals surface area (Å²) in [5.41, 5.74) is 0.516. The second-order valence-corrected chi connectivity index (χ2v) is 7.66. The van der Waals surface area contributed by atoms with Gasteiger partial charge in [0, 0.05) is 11.9 Å². The Morgan fingerprint density at radius 3 is 2.67 bits per heavy atom. The van der Waals surface area contributed by atoms with Gasteiger partial charge in [0.25, 0.3) is 0 Å². The number of aliphatic carboxylic acids is 1. The van der Waals surface area contributed by atoms with Gasteiger partial charge in [-0.25, -0.2) is 4.98 Å². The third-order valence-electron chi connectivity index (χ3n) is 4.87. The third-order valence-corrected chi connectivity index (χ3v) is 5.67. The first kappa shape index (κ1) is 14.5. The van der Waals surface area contributed by atoms with E-state index >= 15 is 0 Å². The highest BCUT2D eigenvalue weighted by atomic mass is 32.1. The zero-order chi connectivity index (χ0) is 15.4. The zero-order valence-electron chi connectivity index (χ0n) is 12.5. The lowest BCUT2D eigenvalue weighted by Crippen LogP contribution is -2.33. The third kappa shape index (κ3) is 2.25. The van der Waals surface area contributed by atoms with E-state index in [1.807, 2.05) is 31.1 Å². The second kappa shape index (κ2) is 4.80. The summed E-state index contributed by atoms with van der Waals surface area (Å²) in [6.45, 7) is 6.40. The van der Waals surface area contributed by atoms with Crippen LogP contribution >= 0.6 is 11.3 Å². The lowest BCUT2D eigenvalue weighted by atomic mass is 10.1. The number of amides is 1. The molecule has 1 unspecified atom stereocenters. The molecule has 1 aromatic heterocycles. The van der Waals surface area contributed by atoms with E-state index in [-0.39, 0.29) is 11.9 Å². The van der Waals surface area contributed by atoms with Crippen molar-refractivity contribution >= 4 is 23.2 Å². The number of hydrogen-bond donors (Lipinski definition) is 1. The molecule has 0 bridgehead atoms. The van der Waals surface area contributed by atoms with Gasteiger partial charge in [-0.2, -0.15) is 0 Å². The number of nitrogens with zero attached hydrogens (tertiary/aromatic N) is 2. The number of thiazole rings is 1. The highest BCUT2D eigenvalue weighted by molar-refractivity contribution is 7.09. The molecule has 2 aliphatic rings. The van der Waals surface area contributed by atoms with E-state index in [0.717, 1.165) is 23.5 Å². The normalized spacial score (nSPS) is 30.4. The van der Waals surface area contributed by atoms with Crippen LogP contribution in [0.1, 0.15) is 43.4 Å². The molecular formula is C15H20N2O3S. The average molecular weight is 308 g/mol. The SMILES string of the molecule is Cc1nc(C2CCCN2C(=O)[C@@H]2[C@H](C(=O)O)C2(C)C)cs1. The van der Waals surface area contributed by atoms with E-state index in [0.29, 0.717) is 6.54 Å². The predicted molar refractivity (Wildman–Crippen MR) is 78.9 cm³/mol. The fourth-order valence-corrected chi connectivity index (χ4v) is 4.27. The Labute approximate surface area is 128 Å². The van der Waals surface area contributed by atoms with Gasteiger partial charge in [0.2, 0.25) is 5.91 Å². The molecule has 6 heteroatoms. The fourth-order valence-electron chi connectivity index (χ4n) is 3.61. The first-order valence-corrected chi connectivity index (χ1v) is 8.17. The van der Waals surface area contributed by atoms with Crippen molar-refractivity contribution in [3.05, 3.63) is 16.1 Å². The molecule has 1 aliphatic carbocycles. The maximum absolute atomic E-state index is 12.8. The van der Waals surface area contributed by atoms with Gasteiger partial charge in [0.15, 0.2) is 0 Å². The van der Waals surface area contributed by atoms with Crippen LogP contribution < -0.4 is 0 Å². The lowest BCUT2D eigenvalue weighted by Gasteiger charge is -2.24. The Morgan fingerprint density at radius 1 is 1.43 bits per heavy atom. The largest absolute Gasteiger partial charge is 0.481 e. The number of aromatic nitrogens is 1. The van der Waals surface area contributed by atoms with Gasteiger partial charge in [-0.1, -0.05) is 13.8 Å². The molecule has 1 amide bonds. The van der Waals surface area contributed by atoms with Gasteiger partial charge in [-0.05, 0) is 25.2 Å². The van der Waals surface area contributed by atoms with Crippen LogP contribution in [0.3, 0.4) is 0 Å². The molecule has 1 aliphatic heterocycles. The summed E-state index contributed by atoms with van der Waals surface area (Å²) < 4.78 is 0. The van der Waals surface area contributed by atoms with Crippen molar-refractivity contribution in [3.63, 3.8) is 0 Å². The monoisotopic (exact) mass is 308 g/mol. The van der Waals surface area contributed by atoms with Gasteiger partial charge < -0.3 is 10.0 Å². The molecule has 1 N–H and O–H groups in total. The van der Waals surface area contributed by atoms with Gasteiger partial charge in [0.1, 0.15) is 0 Å². The van der Waals surface area contributed by atoms with Crippen molar-refractivity contribution in [3.8, 4) is 0 Å². The van der Waals surface area contributed by atoms with E-state index in [4.69, 9.17) is 0 Å². The molecule has 2 heterocycles. The molecule has 1 saturated carbocycles. The molecule has 0 spiro atoms. The van der Waals surface area contributed by atoms with E-state index < -0.39 is 23.2 Å². The van der Waals surface area contributed by atoms with Crippen LogP contribution in [-0.4, -0.2) is 33.4 Å². The standard InChI is InChI=1S/C15H20N2O3S/c1-8-16-9(7-21-8)10-5-4-6-17(10)13(18)11-12(14(19)20)15(11,2)3/h7,10-12H,4-6H2,1-3H3,(H,19,20)/t10?,11-,12+/m0/s1. The minimum absolute atomic E-state index is 0.0134. The van der Waals surface area contributed by atoms with Crippen molar-refractivity contribution < 1.29 is 14.7 Å². The maximum atomic E-state index is 12.8. The van der Waals surface area contributed by atoms with Crippen molar-refractivity contribution in [2.75, 3.05) is 6.54 Å². The molecule has 1 saturated heterocycles. The highest BCUT2D eigenvalue weighted by Gasteiger charge is 2.67. The smallest absolute Gasteiger partial charge is 0.307 e. The lowest BCUT2D eigenvalue weighted by molar-refractivity contribution is -0.142. The summed E-state index contributed by atoms with van der Waals surface area (Å²) in [4.78, 5) is 30.4. The van der Waals surface area contributed by atoms with Gasteiger partial charge in [-0.3, -0.25) is 9.59 Å². The number of rotatable bonds is 3. The molecule has 1 aromatic rings. The Morgan fingerprint density at radius 2 is 2.14 bits per heavy atom. The Kier molecular flexibility index (Phi) is 3.31. The molecule has 3 atom stereocenters. The summed E-state index contributed by atoms with van der Waals surface area (Å²) in [6.07, 6.45) is 1.87. The van der Waals surface area contributed by atoms with Crippen LogP contribution in [0, 0.1) is 24.2 Å². The first-order chi connectivity index (χ1) is 9.84. The Bertz CT molecular complexity index is 595. The number of aryl methyl sites for hydroxylation is 1. The van der Waals surface area contributed by atoms with Crippen LogP contribution in [0.2, 0.25) is 0 Å². The van der Waals surface area contributed by atoms with E-state index in [1.165, 1.54) is 0 Å². The minimum Gasteiger partial charge on any atom is -0.481 e. The summed E-state index contributed by atoms with van der Waals surface area (Å²) >= 11 is 1.59. The number of carbonyl (C=O) groups is 2. The van der Waals surface area contributed by atoms with Crippen molar-refractivity contribution in [2.24, 2.45) is 17.3 Å². The van der Waals surface area contributed by atoms with Crippen molar-refractivity contribution in [1.29, 1.82) is 0 Å². The van der Waals surface area contributed by atoms with Gasteiger partial charge in [-0.15, -0.1) is 11.3 Å². The maximum Gasteiger partial charge on any atom is 0.307 e. The Balaban J connectivity index is 1.80. The summed E-state index contributed by atoms with van der Waals surface area (Å²) in [7, 11) is 0. The van der Waals surface area contributed by atoms with Gasteiger partial charge >= 0.3 is 5.97 Å². The highest BCUT2D eigenvalue weighted by Crippen LogP contribution is 2.59. The van der Waals surface area contributed by atoms with Crippen molar-refractivity contribution in [1.82, 2.24) is 9.88 Å². The van der Waals surface area contributed by atoms with Crippen LogP contribution in [0.4, 0.5) is 0 Å².